The number of methoxy groups -OCH3 is 1. The molecule has 6 nitrogen and oxygen atoms in total. The zero-order chi connectivity index (χ0) is 19.0. The second-order valence-electron chi connectivity index (χ2n) is 6.44. The van der Waals surface area contributed by atoms with Gasteiger partial charge in [-0.15, -0.1) is 0 Å². The maximum atomic E-state index is 12.0. The summed E-state index contributed by atoms with van der Waals surface area (Å²) in [7, 11) is 1.63. The zero-order valence-electron chi connectivity index (χ0n) is 15.2. The van der Waals surface area contributed by atoms with E-state index in [-0.39, 0.29) is 19.2 Å². The summed E-state index contributed by atoms with van der Waals surface area (Å²) in [6, 6.07) is 14.9. The largest absolute Gasteiger partial charge is 0.497 e. The van der Waals surface area contributed by atoms with E-state index in [2.05, 4.69) is 10.6 Å². The SMILES string of the molecule is COc1ccc(-c2ccc(NC(=O)NCC(C)(O)CCCO)cc2)cc1. The summed E-state index contributed by atoms with van der Waals surface area (Å²) < 4.78 is 5.15. The topological polar surface area (TPSA) is 90.8 Å². The summed E-state index contributed by atoms with van der Waals surface area (Å²) in [4.78, 5) is 12.0. The summed E-state index contributed by atoms with van der Waals surface area (Å²) in [6.07, 6.45) is 0.906. The molecule has 0 aliphatic carbocycles. The van der Waals surface area contributed by atoms with Crippen molar-refractivity contribution < 1.29 is 19.7 Å². The van der Waals surface area contributed by atoms with E-state index >= 15 is 0 Å². The van der Waals surface area contributed by atoms with Crippen molar-refractivity contribution in [1.29, 1.82) is 0 Å². The monoisotopic (exact) mass is 358 g/mol. The lowest BCUT2D eigenvalue weighted by atomic mass is 10.0. The van der Waals surface area contributed by atoms with Gasteiger partial charge < -0.3 is 25.6 Å². The summed E-state index contributed by atoms with van der Waals surface area (Å²) in [5, 5.41) is 24.3. The fourth-order valence-corrected chi connectivity index (χ4v) is 2.52. The zero-order valence-corrected chi connectivity index (χ0v) is 15.2. The molecule has 0 saturated carbocycles. The van der Waals surface area contributed by atoms with Gasteiger partial charge >= 0.3 is 6.03 Å². The van der Waals surface area contributed by atoms with Crippen molar-refractivity contribution in [2.45, 2.75) is 25.4 Å². The standard InChI is InChI=1S/C20H26N2O4/c1-20(25,12-3-13-23)14-21-19(24)22-17-8-4-15(5-9-17)16-6-10-18(26-2)11-7-16/h4-11,23,25H,3,12-14H2,1-2H3,(H2,21,22,24). The van der Waals surface area contributed by atoms with E-state index in [9.17, 15) is 9.90 Å². The molecule has 6 heteroatoms. The van der Waals surface area contributed by atoms with Gasteiger partial charge in [-0.3, -0.25) is 0 Å². The van der Waals surface area contributed by atoms with Gasteiger partial charge in [0.15, 0.2) is 0 Å². The molecule has 0 bridgehead atoms. The minimum atomic E-state index is -1.04. The van der Waals surface area contributed by atoms with Crippen LogP contribution in [-0.2, 0) is 0 Å². The molecule has 0 aliphatic rings. The number of aliphatic hydroxyl groups is 2. The minimum absolute atomic E-state index is 0.0168. The molecule has 140 valence electrons. The highest BCUT2D eigenvalue weighted by Gasteiger charge is 2.20. The first-order valence-corrected chi connectivity index (χ1v) is 8.56. The molecule has 2 aromatic carbocycles. The van der Waals surface area contributed by atoms with Crippen LogP contribution in [0.2, 0.25) is 0 Å². The molecule has 2 amide bonds. The molecule has 0 saturated heterocycles. The predicted molar refractivity (Wildman–Crippen MR) is 102 cm³/mol. The normalized spacial score (nSPS) is 12.9. The Morgan fingerprint density at radius 1 is 1.08 bits per heavy atom. The van der Waals surface area contributed by atoms with Gasteiger partial charge in [0, 0.05) is 18.8 Å². The van der Waals surface area contributed by atoms with E-state index in [4.69, 9.17) is 9.84 Å². The second kappa shape index (κ2) is 9.22. The molecular weight excluding hydrogens is 332 g/mol. The Kier molecular flexibility index (Phi) is 7.00. The van der Waals surface area contributed by atoms with E-state index in [0.29, 0.717) is 18.5 Å². The van der Waals surface area contributed by atoms with Crippen LogP contribution in [-0.4, -0.2) is 42.1 Å². The van der Waals surface area contributed by atoms with E-state index in [0.717, 1.165) is 16.9 Å². The molecule has 26 heavy (non-hydrogen) atoms. The van der Waals surface area contributed by atoms with Gasteiger partial charge in [-0.2, -0.15) is 0 Å². The molecule has 2 rings (SSSR count). The number of carbonyl (C=O) groups excluding carboxylic acids is 1. The van der Waals surface area contributed by atoms with Crippen LogP contribution in [0.25, 0.3) is 11.1 Å². The number of hydrogen-bond acceptors (Lipinski definition) is 4. The minimum Gasteiger partial charge on any atom is -0.497 e. The first-order chi connectivity index (χ1) is 12.4. The van der Waals surface area contributed by atoms with Gasteiger partial charge in [0.05, 0.1) is 12.7 Å². The van der Waals surface area contributed by atoms with Crippen LogP contribution in [0.15, 0.2) is 48.5 Å². The fourth-order valence-electron chi connectivity index (χ4n) is 2.52. The average Bonchev–Trinajstić information content (AvgIpc) is 2.66. The van der Waals surface area contributed by atoms with Crippen LogP contribution >= 0.6 is 0 Å². The maximum Gasteiger partial charge on any atom is 0.319 e. The fraction of sp³-hybridized carbons (Fsp3) is 0.350. The lowest BCUT2D eigenvalue weighted by Gasteiger charge is -2.23. The molecule has 1 atom stereocenters. The third kappa shape index (κ3) is 6.06. The van der Waals surface area contributed by atoms with Crippen molar-refractivity contribution in [1.82, 2.24) is 5.32 Å². The third-order valence-corrected chi connectivity index (χ3v) is 4.07. The molecule has 0 aromatic heterocycles. The van der Waals surface area contributed by atoms with Gasteiger partial charge in [-0.25, -0.2) is 4.79 Å². The van der Waals surface area contributed by atoms with Crippen molar-refractivity contribution in [3.05, 3.63) is 48.5 Å². The smallest absolute Gasteiger partial charge is 0.319 e. The summed E-state index contributed by atoms with van der Waals surface area (Å²) in [5.41, 5.74) is 1.71. The number of amides is 2. The molecule has 1 unspecified atom stereocenters. The Hall–Kier alpha value is -2.57. The number of carbonyl (C=O) groups is 1. The Balaban J connectivity index is 1.88. The first kappa shape index (κ1) is 19.8. The molecule has 2 aromatic rings. The summed E-state index contributed by atoms with van der Waals surface area (Å²) in [6.45, 7) is 1.76. The van der Waals surface area contributed by atoms with Gasteiger partial charge in [0.2, 0.25) is 0 Å². The summed E-state index contributed by atoms with van der Waals surface area (Å²) >= 11 is 0. The van der Waals surface area contributed by atoms with Crippen LogP contribution < -0.4 is 15.4 Å². The number of nitrogens with one attached hydrogen (secondary N) is 2. The average molecular weight is 358 g/mol. The van der Waals surface area contributed by atoms with Crippen LogP contribution in [0.5, 0.6) is 5.75 Å². The van der Waals surface area contributed by atoms with Crippen LogP contribution in [0.4, 0.5) is 10.5 Å². The summed E-state index contributed by atoms with van der Waals surface area (Å²) in [5.74, 6) is 0.804. The Labute approximate surface area is 153 Å². The molecule has 0 spiro atoms. The van der Waals surface area contributed by atoms with Gasteiger partial charge in [-0.1, -0.05) is 24.3 Å². The van der Waals surface area contributed by atoms with Gasteiger partial charge in [0.1, 0.15) is 5.75 Å². The molecular formula is C20H26N2O4. The Bertz CT molecular complexity index is 697. The van der Waals surface area contributed by atoms with E-state index in [1.165, 1.54) is 0 Å². The molecule has 4 N–H and O–H groups in total. The number of hydrogen-bond donors (Lipinski definition) is 4. The van der Waals surface area contributed by atoms with E-state index in [1.807, 2.05) is 48.5 Å². The van der Waals surface area contributed by atoms with Gasteiger partial charge in [-0.05, 0) is 55.2 Å². The van der Waals surface area contributed by atoms with Crippen molar-refractivity contribution in [2.24, 2.45) is 0 Å². The van der Waals surface area contributed by atoms with Crippen LogP contribution in [0.3, 0.4) is 0 Å². The highest BCUT2D eigenvalue weighted by molar-refractivity contribution is 5.89. The number of benzene rings is 2. The number of rotatable bonds is 8. The third-order valence-electron chi connectivity index (χ3n) is 4.07. The predicted octanol–water partition coefficient (Wildman–Crippen LogP) is 3.01. The lowest BCUT2D eigenvalue weighted by molar-refractivity contribution is 0.0464. The van der Waals surface area contributed by atoms with Crippen molar-refractivity contribution in [3.8, 4) is 16.9 Å². The number of ether oxygens (including phenoxy) is 1. The Morgan fingerprint density at radius 2 is 1.65 bits per heavy atom. The van der Waals surface area contributed by atoms with Crippen molar-refractivity contribution in [3.63, 3.8) is 0 Å². The highest BCUT2D eigenvalue weighted by Crippen LogP contribution is 2.23. The number of urea groups is 1. The van der Waals surface area contributed by atoms with E-state index < -0.39 is 5.60 Å². The van der Waals surface area contributed by atoms with E-state index in [1.54, 1.807) is 14.0 Å². The molecule has 0 radical (unpaired) electrons. The lowest BCUT2D eigenvalue weighted by Crippen LogP contribution is -2.42. The number of anilines is 1. The van der Waals surface area contributed by atoms with Crippen molar-refractivity contribution >= 4 is 11.7 Å². The number of aliphatic hydroxyl groups excluding tert-OH is 1. The van der Waals surface area contributed by atoms with Crippen molar-refractivity contribution in [2.75, 3.05) is 25.6 Å². The molecule has 0 aliphatic heterocycles. The van der Waals surface area contributed by atoms with Crippen LogP contribution in [0.1, 0.15) is 19.8 Å². The first-order valence-electron chi connectivity index (χ1n) is 8.56. The maximum absolute atomic E-state index is 12.0. The Morgan fingerprint density at radius 3 is 2.19 bits per heavy atom. The van der Waals surface area contributed by atoms with Gasteiger partial charge in [0.25, 0.3) is 0 Å². The second-order valence-corrected chi connectivity index (χ2v) is 6.44. The quantitative estimate of drug-likeness (QED) is 0.584. The molecule has 0 heterocycles. The molecule has 0 fully saturated rings. The highest BCUT2D eigenvalue weighted by atomic mass is 16.5. The van der Waals surface area contributed by atoms with Crippen LogP contribution in [0, 0.1) is 0 Å².